The van der Waals surface area contributed by atoms with Gasteiger partial charge >= 0.3 is 5.97 Å². The van der Waals surface area contributed by atoms with Crippen LogP contribution in [-0.4, -0.2) is 18.8 Å². The van der Waals surface area contributed by atoms with Crippen LogP contribution in [0.4, 0.5) is 0 Å². The molecule has 17 heavy (non-hydrogen) atoms. The molecule has 0 unspecified atom stereocenters. The second-order valence-corrected chi connectivity index (χ2v) is 4.85. The van der Waals surface area contributed by atoms with E-state index in [1.807, 2.05) is 20.1 Å². The Morgan fingerprint density at radius 1 is 1.53 bits per heavy atom. The molecule has 0 amide bonds. The number of carbonyl (C=O) groups excluding carboxylic acids is 1. The van der Waals surface area contributed by atoms with Crippen LogP contribution in [0, 0.1) is 18.3 Å². The SMILES string of the molecule is CC.CCOC(=O)c1sc(SC)c(C#N)c1C. The minimum absolute atomic E-state index is 0.336. The minimum atomic E-state index is -0.336. The summed E-state index contributed by atoms with van der Waals surface area (Å²) in [7, 11) is 0. The number of ether oxygens (including phenoxy) is 1. The minimum Gasteiger partial charge on any atom is -0.462 e. The summed E-state index contributed by atoms with van der Waals surface area (Å²) in [4.78, 5) is 12.1. The van der Waals surface area contributed by atoms with Crippen molar-refractivity contribution < 1.29 is 9.53 Å². The average Bonchev–Trinajstić information content (AvgIpc) is 2.68. The van der Waals surface area contributed by atoms with E-state index in [9.17, 15) is 4.79 Å². The summed E-state index contributed by atoms with van der Waals surface area (Å²) in [5.41, 5.74) is 1.32. The van der Waals surface area contributed by atoms with E-state index in [-0.39, 0.29) is 5.97 Å². The second kappa shape index (κ2) is 8.15. The molecule has 1 aromatic heterocycles. The second-order valence-electron chi connectivity index (χ2n) is 2.76. The molecule has 0 spiro atoms. The number of hydrogen-bond donors (Lipinski definition) is 0. The standard InChI is InChI=1S/C10H11NO2S2.C2H6/c1-4-13-9(12)8-6(2)7(5-11)10(14-3)15-8;1-2/h4H2,1-3H3;1-2H3. The lowest BCUT2D eigenvalue weighted by Gasteiger charge is -1.98. The van der Waals surface area contributed by atoms with Gasteiger partial charge in [0.1, 0.15) is 10.9 Å². The highest BCUT2D eigenvalue weighted by molar-refractivity contribution is 8.00. The molecule has 0 aliphatic heterocycles. The summed E-state index contributed by atoms with van der Waals surface area (Å²) in [6.07, 6.45) is 1.89. The van der Waals surface area contributed by atoms with Gasteiger partial charge in [0.15, 0.2) is 0 Å². The molecule has 1 rings (SSSR count). The Morgan fingerprint density at radius 3 is 2.47 bits per heavy atom. The van der Waals surface area contributed by atoms with E-state index in [2.05, 4.69) is 6.07 Å². The highest BCUT2D eigenvalue weighted by atomic mass is 32.2. The summed E-state index contributed by atoms with van der Waals surface area (Å²) < 4.78 is 5.79. The predicted octanol–water partition coefficient (Wildman–Crippen LogP) is 3.85. The van der Waals surface area contributed by atoms with Gasteiger partial charge in [-0.1, -0.05) is 13.8 Å². The van der Waals surface area contributed by atoms with Crippen LogP contribution < -0.4 is 0 Å². The molecular weight excluding hydrogens is 254 g/mol. The molecule has 1 aromatic rings. The number of nitrogens with zero attached hydrogens (tertiary/aromatic N) is 1. The molecule has 5 heteroatoms. The Kier molecular flexibility index (Phi) is 7.68. The first-order chi connectivity index (χ1) is 8.15. The van der Waals surface area contributed by atoms with E-state index >= 15 is 0 Å². The number of thiophene rings is 1. The van der Waals surface area contributed by atoms with Gasteiger partial charge in [0.25, 0.3) is 0 Å². The molecule has 1 heterocycles. The zero-order valence-corrected chi connectivity index (χ0v) is 12.4. The van der Waals surface area contributed by atoms with E-state index in [1.165, 1.54) is 23.1 Å². The summed E-state index contributed by atoms with van der Waals surface area (Å²) in [5, 5.41) is 8.95. The van der Waals surface area contributed by atoms with Crippen LogP contribution in [0.5, 0.6) is 0 Å². The maximum Gasteiger partial charge on any atom is 0.348 e. The zero-order valence-electron chi connectivity index (χ0n) is 10.8. The van der Waals surface area contributed by atoms with Crippen LogP contribution in [0.3, 0.4) is 0 Å². The van der Waals surface area contributed by atoms with Gasteiger partial charge in [-0.2, -0.15) is 5.26 Å². The summed E-state index contributed by atoms with van der Waals surface area (Å²) in [6.45, 7) is 7.90. The average molecular weight is 271 g/mol. The monoisotopic (exact) mass is 271 g/mol. The fourth-order valence-corrected chi connectivity index (χ4v) is 3.02. The van der Waals surface area contributed by atoms with Crippen LogP contribution >= 0.6 is 23.1 Å². The van der Waals surface area contributed by atoms with Crippen molar-refractivity contribution >= 4 is 29.1 Å². The molecule has 0 saturated carbocycles. The highest BCUT2D eigenvalue weighted by Gasteiger charge is 2.20. The van der Waals surface area contributed by atoms with E-state index < -0.39 is 0 Å². The van der Waals surface area contributed by atoms with Crippen molar-refractivity contribution in [1.29, 1.82) is 5.26 Å². The summed E-state index contributed by atoms with van der Waals surface area (Å²) in [6, 6.07) is 2.11. The van der Waals surface area contributed by atoms with Crippen LogP contribution in [0.1, 0.15) is 41.6 Å². The lowest BCUT2D eigenvalue weighted by Crippen LogP contribution is -2.03. The lowest BCUT2D eigenvalue weighted by molar-refractivity contribution is 0.0531. The molecule has 0 bridgehead atoms. The van der Waals surface area contributed by atoms with Gasteiger partial charge in [-0.15, -0.1) is 23.1 Å². The normalized spacial score (nSPS) is 8.94. The first-order valence-corrected chi connectivity index (χ1v) is 7.44. The maximum atomic E-state index is 11.5. The number of rotatable bonds is 3. The fourth-order valence-electron chi connectivity index (χ4n) is 1.15. The summed E-state index contributed by atoms with van der Waals surface area (Å²) >= 11 is 2.80. The third-order valence-corrected chi connectivity index (χ3v) is 4.26. The van der Waals surface area contributed by atoms with Gasteiger partial charge in [-0.3, -0.25) is 0 Å². The number of esters is 1. The van der Waals surface area contributed by atoms with Gasteiger partial charge in [0.05, 0.1) is 16.4 Å². The Labute approximate surface area is 111 Å². The molecule has 94 valence electrons. The molecule has 0 fully saturated rings. The van der Waals surface area contributed by atoms with Crippen molar-refractivity contribution in [3.63, 3.8) is 0 Å². The molecule has 0 N–H and O–H groups in total. The molecule has 0 aromatic carbocycles. The largest absolute Gasteiger partial charge is 0.462 e. The topological polar surface area (TPSA) is 50.1 Å². The highest BCUT2D eigenvalue weighted by Crippen LogP contribution is 2.34. The Bertz CT molecular complexity index is 419. The third-order valence-electron chi connectivity index (χ3n) is 1.87. The van der Waals surface area contributed by atoms with Crippen molar-refractivity contribution in [2.45, 2.75) is 31.9 Å². The van der Waals surface area contributed by atoms with Gasteiger partial charge in [0, 0.05) is 0 Å². The van der Waals surface area contributed by atoms with Gasteiger partial charge in [-0.25, -0.2) is 4.79 Å². The number of hydrogen-bond acceptors (Lipinski definition) is 5. The lowest BCUT2D eigenvalue weighted by atomic mass is 10.2. The molecule has 0 radical (unpaired) electrons. The van der Waals surface area contributed by atoms with E-state index in [0.29, 0.717) is 17.0 Å². The van der Waals surface area contributed by atoms with E-state index in [1.54, 1.807) is 13.8 Å². The Morgan fingerprint density at radius 2 is 2.12 bits per heavy atom. The van der Waals surface area contributed by atoms with E-state index in [0.717, 1.165) is 9.77 Å². The third kappa shape index (κ3) is 3.76. The van der Waals surface area contributed by atoms with Crippen molar-refractivity contribution in [3.05, 3.63) is 16.0 Å². The van der Waals surface area contributed by atoms with Gasteiger partial charge in [-0.05, 0) is 25.7 Å². The van der Waals surface area contributed by atoms with Crippen molar-refractivity contribution in [3.8, 4) is 6.07 Å². The summed E-state index contributed by atoms with van der Waals surface area (Å²) in [5.74, 6) is -0.336. The quantitative estimate of drug-likeness (QED) is 0.619. The van der Waals surface area contributed by atoms with Crippen molar-refractivity contribution in [2.75, 3.05) is 12.9 Å². The first kappa shape index (κ1) is 16.0. The molecule has 0 aliphatic carbocycles. The number of carbonyl (C=O) groups is 1. The van der Waals surface area contributed by atoms with Crippen LogP contribution in [0.15, 0.2) is 4.21 Å². The van der Waals surface area contributed by atoms with Gasteiger partial charge in [0.2, 0.25) is 0 Å². The van der Waals surface area contributed by atoms with Crippen LogP contribution in [0.2, 0.25) is 0 Å². The fraction of sp³-hybridized carbons (Fsp3) is 0.500. The van der Waals surface area contributed by atoms with Crippen LogP contribution in [-0.2, 0) is 4.74 Å². The molecular formula is C12H17NO2S2. The Balaban J connectivity index is 0.00000121. The predicted molar refractivity (Wildman–Crippen MR) is 72.9 cm³/mol. The number of nitriles is 1. The molecule has 0 aliphatic rings. The zero-order chi connectivity index (χ0) is 13.4. The van der Waals surface area contributed by atoms with Crippen LogP contribution in [0.25, 0.3) is 0 Å². The van der Waals surface area contributed by atoms with E-state index in [4.69, 9.17) is 10.00 Å². The maximum absolute atomic E-state index is 11.5. The molecule has 3 nitrogen and oxygen atoms in total. The molecule has 0 saturated heterocycles. The van der Waals surface area contributed by atoms with Crippen molar-refractivity contribution in [1.82, 2.24) is 0 Å². The Hall–Kier alpha value is -0.990. The molecule has 0 atom stereocenters. The first-order valence-electron chi connectivity index (χ1n) is 5.40. The van der Waals surface area contributed by atoms with Crippen molar-refractivity contribution in [2.24, 2.45) is 0 Å². The smallest absolute Gasteiger partial charge is 0.348 e. The number of thioether (sulfide) groups is 1. The van der Waals surface area contributed by atoms with Gasteiger partial charge < -0.3 is 4.74 Å².